The van der Waals surface area contributed by atoms with E-state index in [0.29, 0.717) is 12.2 Å². The summed E-state index contributed by atoms with van der Waals surface area (Å²) in [6.07, 6.45) is 4.01. The number of ketones is 1. The van der Waals surface area contributed by atoms with Crippen LogP contribution in [0.2, 0.25) is 0 Å². The normalized spacial score (nSPS) is 19.3. The van der Waals surface area contributed by atoms with E-state index in [-0.39, 0.29) is 12.2 Å². The lowest BCUT2D eigenvalue weighted by Gasteiger charge is -2.29. The summed E-state index contributed by atoms with van der Waals surface area (Å²) in [4.78, 5) is 30.5. The van der Waals surface area contributed by atoms with Gasteiger partial charge in [-0.1, -0.05) is 43.3 Å². The van der Waals surface area contributed by atoms with E-state index in [1.807, 2.05) is 23.1 Å². The molecule has 2 heterocycles. The Hall–Kier alpha value is -3.47. The van der Waals surface area contributed by atoms with E-state index in [0.717, 1.165) is 34.1 Å². The molecule has 0 amide bonds. The molecule has 0 spiro atoms. The second-order valence-electron chi connectivity index (χ2n) is 7.77. The number of aliphatic carboxylic acids is 1. The van der Waals surface area contributed by atoms with E-state index < -0.39 is 11.4 Å². The molecule has 5 nitrogen and oxygen atoms in total. The van der Waals surface area contributed by atoms with Gasteiger partial charge < -0.3 is 10.0 Å². The Morgan fingerprint density at radius 3 is 2.57 bits per heavy atom. The van der Waals surface area contributed by atoms with Gasteiger partial charge in [-0.3, -0.25) is 14.6 Å². The van der Waals surface area contributed by atoms with Crippen LogP contribution in [-0.4, -0.2) is 28.4 Å². The third-order valence-corrected chi connectivity index (χ3v) is 6.05. The molecule has 1 atom stereocenters. The fourth-order valence-corrected chi connectivity index (χ4v) is 4.37. The number of benzene rings is 2. The maximum Gasteiger partial charge on any atom is 0.305 e. The number of hydrogen-bond acceptors (Lipinski definition) is 4. The predicted molar refractivity (Wildman–Crippen MR) is 118 cm³/mol. The summed E-state index contributed by atoms with van der Waals surface area (Å²) in [7, 11) is 0. The Morgan fingerprint density at radius 1 is 1.10 bits per heavy atom. The molecular formula is C25H24N2O3. The highest BCUT2D eigenvalue weighted by atomic mass is 16.4. The molecule has 152 valence electrons. The number of rotatable bonds is 6. The molecule has 0 fully saturated rings. The highest BCUT2D eigenvalue weighted by Gasteiger charge is 2.44. The van der Waals surface area contributed by atoms with Crippen LogP contribution >= 0.6 is 0 Å². The van der Waals surface area contributed by atoms with Crippen molar-refractivity contribution in [2.24, 2.45) is 0 Å². The largest absolute Gasteiger partial charge is 0.481 e. The summed E-state index contributed by atoms with van der Waals surface area (Å²) in [6, 6.07) is 17.6. The lowest BCUT2D eigenvalue weighted by molar-refractivity contribution is -0.136. The number of carboxylic acid groups (broad SMARTS) is 1. The van der Waals surface area contributed by atoms with Crippen molar-refractivity contribution in [1.29, 1.82) is 0 Å². The molecule has 3 aromatic rings. The Morgan fingerprint density at radius 2 is 1.87 bits per heavy atom. The summed E-state index contributed by atoms with van der Waals surface area (Å²) in [5.41, 5.74) is 2.91. The van der Waals surface area contributed by atoms with Gasteiger partial charge in [-0.05, 0) is 47.9 Å². The van der Waals surface area contributed by atoms with Crippen molar-refractivity contribution in [3.63, 3.8) is 0 Å². The van der Waals surface area contributed by atoms with Gasteiger partial charge in [-0.25, -0.2) is 0 Å². The number of allylic oxidation sites excluding steroid dienone is 2. The van der Waals surface area contributed by atoms with Crippen LogP contribution < -0.4 is 4.90 Å². The van der Waals surface area contributed by atoms with Gasteiger partial charge in [0.05, 0.1) is 6.42 Å². The average molecular weight is 400 g/mol. The van der Waals surface area contributed by atoms with Gasteiger partial charge >= 0.3 is 5.97 Å². The Balaban J connectivity index is 1.92. The molecule has 0 saturated carbocycles. The monoisotopic (exact) mass is 400 g/mol. The second kappa shape index (κ2) is 7.75. The van der Waals surface area contributed by atoms with E-state index in [4.69, 9.17) is 0 Å². The first-order valence-corrected chi connectivity index (χ1v) is 10.1. The van der Waals surface area contributed by atoms with Crippen molar-refractivity contribution in [2.75, 3.05) is 11.4 Å². The molecular weight excluding hydrogens is 376 g/mol. The minimum absolute atomic E-state index is 0.0127. The first-order chi connectivity index (χ1) is 14.5. The standard InChI is InChI=1S/C25H24N2O3/c1-3-25(2)22(16-21(28)19-10-6-7-14-26-19)27(15-13-23(29)30)20-12-11-17-8-4-5-9-18(17)24(20)25/h4-12,14,16H,3,13,15H2,1-2H3,(H,29,30)/b22-16-. The lowest BCUT2D eigenvalue weighted by Crippen LogP contribution is -2.30. The average Bonchev–Trinajstić information content (AvgIpc) is 3.01. The zero-order valence-electron chi connectivity index (χ0n) is 17.1. The number of anilines is 1. The fraction of sp³-hybridized carbons (Fsp3) is 0.240. The topological polar surface area (TPSA) is 70.5 Å². The Labute approximate surface area is 175 Å². The van der Waals surface area contributed by atoms with Crippen molar-refractivity contribution in [3.8, 4) is 0 Å². The number of fused-ring (bicyclic) bond motifs is 3. The van der Waals surface area contributed by atoms with Crippen molar-refractivity contribution in [1.82, 2.24) is 4.98 Å². The Bertz CT molecular complexity index is 1150. The molecule has 1 aliphatic rings. The molecule has 4 rings (SSSR count). The Kier molecular flexibility index (Phi) is 5.12. The quantitative estimate of drug-likeness (QED) is 0.468. The molecule has 0 aliphatic carbocycles. The van der Waals surface area contributed by atoms with Crippen LogP contribution in [0.1, 0.15) is 42.7 Å². The second-order valence-corrected chi connectivity index (χ2v) is 7.77. The fourth-order valence-electron chi connectivity index (χ4n) is 4.37. The van der Waals surface area contributed by atoms with Crippen LogP contribution in [0.15, 0.2) is 72.6 Å². The zero-order valence-corrected chi connectivity index (χ0v) is 17.1. The first-order valence-electron chi connectivity index (χ1n) is 10.1. The van der Waals surface area contributed by atoms with E-state index >= 15 is 0 Å². The maximum absolute atomic E-state index is 13.0. The third kappa shape index (κ3) is 3.26. The number of carbonyl (C=O) groups excluding carboxylic acids is 1. The van der Waals surface area contributed by atoms with Gasteiger partial charge in [0.25, 0.3) is 0 Å². The van der Waals surface area contributed by atoms with Crippen LogP contribution in [0.5, 0.6) is 0 Å². The molecule has 1 unspecified atom stereocenters. The van der Waals surface area contributed by atoms with Crippen molar-refractivity contribution in [3.05, 3.63) is 83.8 Å². The van der Waals surface area contributed by atoms with Gasteiger partial charge in [0.1, 0.15) is 5.69 Å². The number of nitrogens with zero attached hydrogens (tertiary/aromatic N) is 2. The van der Waals surface area contributed by atoms with Crippen LogP contribution in [0, 0.1) is 0 Å². The van der Waals surface area contributed by atoms with E-state index in [1.165, 1.54) is 0 Å². The summed E-state index contributed by atoms with van der Waals surface area (Å²) >= 11 is 0. The SMILES string of the molecule is CCC1(C)/C(=C/C(=O)c2ccccn2)N(CCC(=O)O)c2ccc3ccccc3c21. The summed E-state index contributed by atoms with van der Waals surface area (Å²) in [5.74, 6) is -1.04. The highest BCUT2D eigenvalue weighted by molar-refractivity contribution is 6.05. The summed E-state index contributed by atoms with van der Waals surface area (Å²) in [5, 5.41) is 11.6. The minimum atomic E-state index is -0.863. The smallest absolute Gasteiger partial charge is 0.305 e. The minimum Gasteiger partial charge on any atom is -0.481 e. The molecule has 0 saturated heterocycles. The van der Waals surface area contributed by atoms with E-state index in [1.54, 1.807) is 30.5 Å². The number of hydrogen-bond donors (Lipinski definition) is 1. The number of pyridine rings is 1. The van der Waals surface area contributed by atoms with E-state index in [9.17, 15) is 14.7 Å². The predicted octanol–water partition coefficient (Wildman–Crippen LogP) is 4.96. The van der Waals surface area contributed by atoms with Crippen LogP contribution in [0.4, 0.5) is 5.69 Å². The maximum atomic E-state index is 13.0. The molecule has 1 aromatic heterocycles. The van der Waals surface area contributed by atoms with Gasteiger partial charge in [0.15, 0.2) is 0 Å². The zero-order chi connectivity index (χ0) is 21.3. The van der Waals surface area contributed by atoms with Crippen LogP contribution in [0.25, 0.3) is 10.8 Å². The van der Waals surface area contributed by atoms with Gasteiger partial charge in [0, 0.05) is 35.6 Å². The number of carboxylic acids is 1. The van der Waals surface area contributed by atoms with Crippen LogP contribution in [0.3, 0.4) is 0 Å². The van der Waals surface area contributed by atoms with Gasteiger partial charge in [-0.15, -0.1) is 0 Å². The van der Waals surface area contributed by atoms with Gasteiger partial charge in [0.2, 0.25) is 5.78 Å². The third-order valence-electron chi connectivity index (χ3n) is 6.05. The van der Waals surface area contributed by atoms with Crippen LogP contribution in [-0.2, 0) is 10.2 Å². The van der Waals surface area contributed by atoms with Crippen molar-refractivity contribution >= 4 is 28.2 Å². The molecule has 5 heteroatoms. The number of aromatic nitrogens is 1. The van der Waals surface area contributed by atoms with Gasteiger partial charge in [-0.2, -0.15) is 0 Å². The molecule has 1 N–H and O–H groups in total. The highest BCUT2D eigenvalue weighted by Crippen LogP contribution is 2.52. The lowest BCUT2D eigenvalue weighted by atomic mass is 9.77. The molecule has 30 heavy (non-hydrogen) atoms. The molecule has 0 bridgehead atoms. The molecule has 0 radical (unpaired) electrons. The van der Waals surface area contributed by atoms with Crippen molar-refractivity contribution in [2.45, 2.75) is 32.1 Å². The van der Waals surface area contributed by atoms with Crippen molar-refractivity contribution < 1.29 is 14.7 Å². The molecule has 2 aromatic carbocycles. The number of carbonyl (C=O) groups is 2. The summed E-state index contributed by atoms with van der Waals surface area (Å²) < 4.78 is 0. The molecule has 1 aliphatic heterocycles. The van der Waals surface area contributed by atoms with E-state index in [2.05, 4.69) is 37.0 Å². The first kappa shape index (κ1) is 19.8. The summed E-state index contributed by atoms with van der Waals surface area (Å²) in [6.45, 7) is 4.54.